The number of nitrogens with zero attached hydrogens (tertiary/aromatic N) is 1. The van der Waals surface area contributed by atoms with Crippen LogP contribution in [0.25, 0.3) is 10.9 Å². The number of hydrogen-bond donors (Lipinski definition) is 2. The average molecular weight is 390 g/mol. The van der Waals surface area contributed by atoms with Crippen molar-refractivity contribution in [2.24, 2.45) is 5.92 Å². The topological polar surface area (TPSA) is 31.1 Å². The van der Waals surface area contributed by atoms with Crippen LogP contribution in [0.3, 0.4) is 0 Å². The largest absolute Gasteiger partial charge is 0.361 e. The highest BCUT2D eigenvalue weighted by Crippen LogP contribution is 2.37. The number of para-hydroxylation sites is 1. The molecule has 150 valence electrons. The number of aromatic nitrogens is 1. The Morgan fingerprint density at radius 3 is 2.67 bits per heavy atom. The minimum atomic E-state index is 0. The lowest BCUT2D eigenvalue weighted by atomic mass is 9.81. The molecule has 3 nitrogen and oxygen atoms in total. The number of nitrogens with one attached hydrogen (secondary N) is 2. The van der Waals surface area contributed by atoms with Crippen LogP contribution >= 0.6 is 12.4 Å². The summed E-state index contributed by atoms with van der Waals surface area (Å²) in [6.07, 6.45) is 13.2. The maximum atomic E-state index is 3.55. The molecule has 2 aromatic rings. The summed E-state index contributed by atoms with van der Waals surface area (Å²) in [5, 5.41) is 4.99. The number of rotatable bonds is 6. The maximum Gasteiger partial charge on any atom is 0.0456 e. The number of H-pyrrole nitrogens is 1. The average Bonchev–Trinajstić information content (AvgIpc) is 3.13. The molecule has 0 radical (unpaired) electrons. The van der Waals surface area contributed by atoms with Crippen LogP contribution in [-0.4, -0.2) is 42.6 Å². The fourth-order valence-corrected chi connectivity index (χ4v) is 5.24. The molecule has 1 aromatic heterocycles. The zero-order valence-electron chi connectivity index (χ0n) is 16.8. The Balaban J connectivity index is 0.00000210. The predicted octanol–water partition coefficient (Wildman–Crippen LogP) is 5.33. The number of aromatic amines is 1. The van der Waals surface area contributed by atoms with Gasteiger partial charge in [-0.15, -0.1) is 12.4 Å². The zero-order valence-corrected chi connectivity index (χ0v) is 17.6. The van der Waals surface area contributed by atoms with E-state index in [-0.39, 0.29) is 12.4 Å². The van der Waals surface area contributed by atoms with Crippen LogP contribution < -0.4 is 5.32 Å². The van der Waals surface area contributed by atoms with Gasteiger partial charge in [-0.25, -0.2) is 0 Å². The van der Waals surface area contributed by atoms with Gasteiger partial charge in [-0.2, -0.15) is 0 Å². The molecule has 1 aromatic carbocycles. The molecule has 0 bridgehead atoms. The molecule has 4 rings (SSSR count). The Hall–Kier alpha value is -1.03. The van der Waals surface area contributed by atoms with Crippen LogP contribution in [0.5, 0.6) is 0 Å². The van der Waals surface area contributed by atoms with Gasteiger partial charge in [0.2, 0.25) is 0 Å². The Bertz CT molecular complexity index is 684. The molecule has 2 fully saturated rings. The van der Waals surface area contributed by atoms with E-state index in [0.717, 1.165) is 17.9 Å². The van der Waals surface area contributed by atoms with Crippen molar-refractivity contribution in [3.8, 4) is 0 Å². The van der Waals surface area contributed by atoms with Crippen LogP contribution in [0.1, 0.15) is 62.8 Å². The first kappa shape index (κ1) is 20.7. The molecule has 1 saturated heterocycles. The lowest BCUT2D eigenvalue weighted by Gasteiger charge is -2.35. The summed E-state index contributed by atoms with van der Waals surface area (Å²) >= 11 is 0. The highest BCUT2D eigenvalue weighted by Gasteiger charge is 2.26. The summed E-state index contributed by atoms with van der Waals surface area (Å²) in [5.74, 6) is 1.67. The second-order valence-corrected chi connectivity index (χ2v) is 8.63. The quantitative estimate of drug-likeness (QED) is 0.699. The summed E-state index contributed by atoms with van der Waals surface area (Å²) < 4.78 is 0. The minimum Gasteiger partial charge on any atom is -0.361 e. The van der Waals surface area contributed by atoms with Crippen LogP contribution in [0.4, 0.5) is 0 Å². The van der Waals surface area contributed by atoms with Gasteiger partial charge in [0, 0.05) is 23.1 Å². The van der Waals surface area contributed by atoms with Gasteiger partial charge in [0.25, 0.3) is 0 Å². The molecule has 2 heterocycles. The highest BCUT2D eigenvalue weighted by molar-refractivity contribution is 5.85. The zero-order chi connectivity index (χ0) is 17.8. The summed E-state index contributed by atoms with van der Waals surface area (Å²) in [6, 6.07) is 9.55. The molecule has 2 aliphatic rings. The van der Waals surface area contributed by atoms with Gasteiger partial charge < -0.3 is 15.2 Å². The first-order valence-electron chi connectivity index (χ1n) is 10.8. The molecule has 4 heteroatoms. The van der Waals surface area contributed by atoms with Crippen molar-refractivity contribution in [1.82, 2.24) is 15.2 Å². The third-order valence-corrected chi connectivity index (χ3v) is 6.90. The number of hydrogen-bond acceptors (Lipinski definition) is 2. The molecule has 1 unspecified atom stereocenters. The van der Waals surface area contributed by atoms with E-state index >= 15 is 0 Å². The molecule has 1 atom stereocenters. The van der Waals surface area contributed by atoms with Crippen LogP contribution in [0, 0.1) is 5.92 Å². The van der Waals surface area contributed by atoms with Crippen molar-refractivity contribution in [2.75, 3.05) is 26.7 Å². The second kappa shape index (κ2) is 9.95. The summed E-state index contributed by atoms with van der Waals surface area (Å²) in [6.45, 7) is 3.76. The van der Waals surface area contributed by atoms with Gasteiger partial charge in [0.05, 0.1) is 0 Å². The molecule has 0 amide bonds. The van der Waals surface area contributed by atoms with Crippen molar-refractivity contribution in [3.05, 3.63) is 36.0 Å². The van der Waals surface area contributed by atoms with Crippen molar-refractivity contribution >= 4 is 23.3 Å². The second-order valence-electron chi connectivity index (χ2n) is 8.63. The van der Waals surface area contributed by atoms with Gasteiger partial charge in [0.1, 0.15) is 0 Å². The Labute approximate surface area is 170 Å². The van der Waals surface area contributed by atoms with Gasteiger partial charge >= 0.3 is 0 Å². The van der Waals surface area contributed by atoms with Crippen molar-refractivity contribution < 1.29 is 0 Å². The third kappa shape index (κ3) is 5.07. The molecule has 0 spiro atoms. The third-order valence-electron chi connectivity index (χ3n) is 6.90. The number of benzene rings is 1. The SMILES string of the molecule is CN(CCCC1CCCNC1)C1CCC(c2c[nH]c3ccccc23)CC1.Cl. The van der Waals surface area contributed by atoms with E-state index in [4.69, 9.17) is 0 Å². The summed E-state index contributed by atoms with van der Waals surface area (Å²) in [4.78, 5) is 6.12. The fraction of sp³-hybridized carbons (Fsp3) is 0.652. The van der Waals surface area contributed by atoms with E-state index in [2.05, 4.69) is 52.7 Å². The molecule has 1 aliphatic carbocycles. The van der Waals surface area contributed by atoms with Crippen molar-refractivity contribution in [2.45, 2.75) is 63.3 Å². The lowest BCUT2D eigenvalue weighted by Crippen LogP contribution is -2.36. The molecule has 1 saturated carbocycles. The van der Waals surface area contributed by atoms with Gasteiger partial charge in [-0.05, 0) is 102 Å². The van der Waals surface area contributed by atoms with Gasteiger partial charge in [-0.1, -0.05) is 18.2 Å². The summed E-state index contributed by atoms with van der Waals surface area (Å²) in [7, 11) is 2.36. The monoisotopic (exact) mass is 389 g/mol. The Morgan fingerprint density at radius 1 is 1.07 bits per heavy atom. The van der Waals surface area contributed by atoms with Crippen molar-refractivity contribution in [1.29, 1.82) is 0 Å². The first-order valence-corrected chi connectivity index (χ1v) is 10.8. The Morgan fingerprint density at radius 2 is 1.89 bits per heavy atom. The number of fused-ring (bicyclic) bond motifs is 1. The van der Waals surface area contributed by atoms with Crippen molar-refractivity contribution in [3.63, 3.8) is 0 Å². The standard InChI is InChI=1S/C23H35N3.ClH/c1-26(15-5-7-18-6-4-14-24-16-18)20-12-10-19(11-13-20)22-17-25-23-9-3-2-8-21(22)23;/h2-3,8-9,17-20,24-25H,4-7,10-16H2,1H3;1H. The fourth-order valence-electron chi connectivity index (χ4n) is 5.24. The van der Waals surface area contributed by atoms with E-state index in [1.165, 1.54) is 81.9 Å². The molecule has 1 aliphatic heterocycles. The van der Waals surface area contributed by atoms with E-state index in [0.29, 0.717) is 0 Å². The molecular weight excluding hydrogens is 354 g/mol. The van der Waals surface area contributed by atoms with Gasteiger partial charge in [-0.3, -0.25) is 0 Å². The van der Waals surface area contributed by atoms with E-state index in [9.17, 15) is 0 Å². The Kier molecular flexibility index (Phi) is 7.63. The smallest absolute Gasteiger partial charge is 0.0456 e. The predicted molar refractivity (Wildman–Crippen MR) is 118 cm³/mol. The van der Waals surface area contributed by atoms with Gasteiger partial charge in [0.15, 0.2) is 0 Å². The normalized spacial score (nSPS) is 26.2. The van der Waals surface area contributed by atoms with E-state index in [1.54, 1.807) is 5.56 Å². The van der Waals surface area contributed by atoms with Crippen LogP contribution in [-0.2, 0) is 0 Å². The van der Waals surface area contributed by atoms with Crippen LogP contribution in [0.2, 0.25) is 0 Å². The van der Waals surface area contributed by atoms with E-state index < -0.39 is 0 Å². The molecule has 27 heavy (non-hydrogen) atoms. The highest BCUT2D eigenvalue weighted by atomic mass is 35.5. The number of piperidine rings is 1. The molecule has 2 N–H and O–H groups in total. The minimum absolute atomic E-state index is 0. The van der Waals surface area contributed by atoms with E-state index in [1.807, 2.05) is 0 Å². The molecular formula is C23H36ClN3. The number of halogens is 1. The first-order chi connectivity index (χ1) is 12.8. The lowest BCUT2D eigenvalue weighted by molar-refractivity contribution is 0.175. The summed E-state index contributed by atoms with van der Waals surface area (Å²) in [5.41, 5.74) is 2.84. The maximum absolute atomic E-state index is 3.55. The van der Waals surface area contributed by atoms with Crippen LogP contribution in [0.15, 0.2) is 30.5 Å².